The minimum absolute atomic E-state index is 0.0468. The summed E-state index contributed by atoms with van der Waals surface area (Å²) in [6.45, 7) is 4.36. The Hall–Kier alpha value is -0.980. The number of benzene rings is 1. The van der Waals surface area contributed by atoms with Crippen molar-refractivity contribution in [2.75, 3.05) is 13.1 Å². The van der Waals surface area contributed by atoms with Gasteiger partial charge in [-0.3, -0.25) is 0 Å². The zero-order valence-electron chi connectivity index (χ0n) is 12.5. The van der Waals surface area contributed by atoms with E-state index in [1.807, 2.05) is 6.92 Å². The second kappa shape index (κ2) is 6.42. The highest BCUT2D eigenvalue weighted by atomic mass is 32.2. The van der Waals surface area contributed by atoms with Gasteiger partial charge in [-0.2, -0.15) is 4.31 Å². The maximum Gasteiger partial charge on any atom is 0.243 e. The summed E-state index contributed by atoms with van der Waals surface area (Å²) in [5.74, 6) is -0.212. The summed E-state index contributed by atoms with van der Waals surface area (Å²) in [6, 6.07) is 3.77. The molecule has 2 atom stereocenters. The maximum absolute atomic E-state index is 13.2. The summed E-state index contributed by atoms with van der Waals surface area (Å²) < 4.78 is 40.6. The molecule has 0 bridgehead atoms. The zero-order chi connectivity index (χ0) is 15.6. The predicted molar refractivity (Wildman–Crippen MR) is 80.9 cm³/mol. The summed E-state index contributed by atoms with van der Waals surface area (Å²) in [6.07, 6.45) is 2.81. The molecule has 4 nitrogen and oxygen atoms in total. The van der Waals surface area contributed by atoms with Crippen molar-refractivity contribution >= 4 is 10.0 Å². The standard InChI is InChI=1S/C15H23FN2O2S/c1-3-18(14-6-4-5-12(14)10-17)21(19,20)15-8-7-13(16)9-11(15)2/h7-9,12,14H,3-6,10,17H2,1-2H3. The average molecular weight is 314 g/mol. The van der Waals surface area contributed by atoms with E-state index in [9.17, 15) is 12.8 Å². The third kappa shape index (κ3) is 3.12. The number of sulfonamides is 1. The predicted octanol–water partition coefficient (Wildman–Crippen LogP) is 2.27. The van der Waals surface area contributed by atoms with Gasteiger partial charge in [-0.1, -0.05) is 13.3 Å². The molecular weight excluding hydrogens is 291 g/mol. The van der Waals surface area contributed by atoms with Crippen LogP contribution in [-0.4, -0.2) is 31.9 Å². The fraction of sp³-hybridized carbons (Fsp3) is 0.600. The average Bonchev–Trinajstić information content (AvgIpc) is 2.86. The lowest BCUT2D eigenvalue weighted by Gasteiger charge is -2.31. The number of rotatable bonds is 5. The first-order valence-electron chi connectivity index (χ1n) is 7.39. The summed E-state index contributed by atoms with van der Waals surface area (Å²) in [4.78, 5) is 0.188. The molecule has 0 radical (unpaired) electrons. The van der Waals surface area contributed by atoms with Crippen LogP contribution in [0.2, 0.25) is 0 Å². The first-order valence-corrected chi connectivity index (χ1v) is 8.83. The molecule has 1 aliphatic carbocycles. The van der Waals surface area contributed by atoms with E-state index in [0.29, 0.717) is 18.7 Å². The molecule has 1 saturated carbocycles. The van der Waals surface area contributed by atoms with Gasteiger partial charge in [-0.15, -0.1) is 0 Å². The third-order valence-electron chi connectivity index (χ3n) is 4.33. The molecule has 0 heterocycles. The zero-order valence-corrected chi connectivity index (χ0v) is 13.4. The molecule has 0 spiro atoms. The molecule has 21 heavy (non-hydrogen) atoms. The SMILES string of the molecule is CCN(C1CCCC1CN)S(=O)(=O)c1ccc(F)cc1C. The van der Waals surface area contributed by atoms with Gasteiger partial charge in [0.1, 0.15) is 5.82 Å². The van der Waals surface area contributed by atoms with Gasteiger partial charge in [0.15, 0.2) is 0 Å². The highest BCUT2D eigenvalue weighted by Crippen LogP contribution is 2.33. The van der Waals surface area contributed by atoms with E-state index in [2.05, 4.69) is 0 Å². The van der Waals surface area contributed by atoms with E-state index in [1.165, 1.54) is 22.5 Å². The lowest BCUT2D eigenvalue weighted by Crippen LogP contribution is -2.44. The molecule has 0 aromatic heterocycles. The van der Waals surface area contributed by atoms with Crippen molar-refractivity contribution < 1.29 is 12.8 Å². The van der Waals surface area contributed by atoms with Gasteiger partial charge in [0.25, 0.3) is 0 Å². The number of halogens is 1. The smallest absolute Gasteiger partial charge is 0.243 e. The molecule has 2 unspecified atom stereocenters. The Morgan fingerprint density at radius 2 is 2.10 bits per heavy atom. The Morgan fingerprint density at radius 3 is 2.67 bits per heavy atom. The normalized spacial score (nSPS) is 22.9. The van der Waals surface area contributed by atoms with Gasteiger partial charge in [0.2, 0.25) is 10.0 Å². The maximum atomic E-state index is 13.2. The van der Waals surface area contributed by atoms with Crippen LogP contribution < -0.4 is 5.73 Å². The van der Waals surface area contributed by atoms with E-state index in [4.69, 9.17) is 5.73 Å². The second-order valence-electron chi connectivity index (χ2n) is 5.61. The van der Waals surface area contributed by atoms with E-state index >= 15 is 0 Å². The highest BCUT2D eigenvalue weighted by Gasteiger charge is 2.37. The topological polar surface area (TPSA) is 63.4 Å². The molecule has 118 valence electrons. The number of hydrogen-bond acceptors (Lipinski definition) is 3. The lowest BCUT2D eigenvalue weighted by molar-refractivity contribution is 0.276. The van der Waals surface area contributed by atoms with Crippen LogP contribution in [0.15, 0.2) is 23.1 Å². The van der Waals surface area contributed by atoms with Crippen molar-refractivity contribution in [3.8, 4) is 0 Å². The van der Waals surface area contributed by atoms with Crippen LogP contribution in [0.1, 0.15) is 31.7 Å². The molecular formula is C15H23FN2O2S. The Morgan fingerprint density at radius 1 is 1.38 bits per heavy atom. The van der Waals surface area contributed by atoms with Crippen molar-refractivity contribution in [3.05, 3.63) is 29.6 Å². The van der Waals surface area contributed by atoms with Crippen LogP contribution in [0.3, 0.4) is 0 Å². The largest absolute Gasteiger partial charge is 0.330 e. The first kappa shape index (κ1) is 16.4. The van der Waals surface area contributed by atoms with Crippen LogP contribution in [0.4, 0.5) is 4.39 Å². The summed E-state index contributed by atoms with van der Waals surface area (Å²) in [7, 11) is -3.61. The summed E-state index contributed by atoms with van der Waals surface area (Å²) in [5, 5.41) is 0. The number of nitrogens with zero attached hydrogens (tertiary/aromatic N) is 1. The van der Waals surface area contributed by atoms with Crippen LogP contribution in [0, 0.1) is 18.7 Å². The Kier molecular flexibility index (Phi) is 5.01. The molecule has 1 aliphatic rings. The monoisotopic (exact) mass is 314 g/mol. The number of aryl methyl sites for hydroxylation is 1. The Balaban J connectivity index is 2.40. The first-order chi connectivity index (χ1) is 9.91. The van der Waals surface area contributed by atoms with Gasteiger partial charge in [-0.25, -0.2) is 12.8 Å². The van der Waals surface area contributed by atoms with E-state index in [-0.39, 0.29) is 16.9 Å². The minimum Gasteiger partial charge on any atom is -0.330 e. The molecule has 0 amide bonds. The molecule has 0 aliphatic heterocycles. The number of hydrogen-bond donors (Lipinski definition) is 1. The number of nitrogens with two attached hydrogens (primary N) is 1. The van der Waals surface area contributed by atoms with Crippen molar-refractivity contribution in [2.45, 2.75) is 44.0 Å². The molecule has 1 aromatic carbocycles. The van der Waals surface area contributed by atoms with Gasteiger partial charge in [0, 0.05) is 12.6 Å². The van der Waals surface area contributed by atoms with Crippen LogP contribution in [-0.2, 0) is 10.0 Å². The molecule has 0 saturated heterocycles. The molecule has 1 fully saturated rings. The van der Waals surface area contributed by atoms with Crippen LogP contribution >= 0.6 is 0 Å². The van der Waals surface area contributed by atoms with Crippen molar-refractivity contribution in [1.82, 2.24) is 4.31 Å². The van der Waals surface area contributed by atoms with Gasteiger partial charge >= 0.3 is 0 Å². The van der Waals surface area contributed by atoms with Crippen molar-refractivity contribution in [2.24, 2.45) is 11.7 Å². The Labute approximate surface area is 126 Å². The van der Waals surface area contributed by atoms with Crippen molar-refractivity contribution in [1.29, 1.82) is 0 Å². The van der Waals surface area contributed by atoms with E-state index in [1.54, 1.807) is 6.92 Å². The highest BCUT2D eigenvalue weighted by molar-refractivity contribution is 7.89. The van der Waals surface area contributed by atoms with Gasteiger partial charge < -0.3 is 5.73 Å². The van der Waals surface area contributed by atoms with Crippen LogP contribution in [0.25, 0.3) is 0 Å². The summed E-state index contributed by atoms with van der Waals surface area (Å²) >= 11 is 0. The van der Waals surface area contributed by atoms with Gasteiger partial charge in [-0.05, 0) is 56.0 Å². The fourth-order valence-electron chi connectivity index (χ4n) is 3.28. The Bertz CT molecular complexity index is 604. The quantitative estimate of drug-likeness (QED) is 0.907. The van der Waals surface area contributed by atoms with E-state index in [0.717, 1.165) is 19.3 Å². The second-order valence-corrected chi connectivity index (χ2v) is 7.47. The third-order valence-corrected chi connectivity index (χ3v) is 6.49. The van der Waals surface area contributed by atoms with Crippen LogP contribution in [0.5, 0.6) is 0 Å². The van der Waals surface area contributed by atoms with Crippen molar-refractivity contribution in [3.63, 3.8) is 0 Å². The van der Waals surface area contributed by atoms with Gasteiger partial charge in [0.05, 0.1) is 4.90 Å². The summed E-state index contributed by atoms with van der Waals surface area (Å²) in [5.41, 5.74) is 6.22. The molecule has 2 rings (SSSR count). The lowest BCUT2D eigenvalue weighted by atomic mass is 10.0. The van der Waals surface area contributed by atoms with E-state index < -0.39 is 15.8 Å². The fourth-order valence-corrected chi connectivity index (χ4v) is 5.22. The molecule has 2 N–H and O–H groups in total. The minimum atomic E-state index is -3.61. The molecule has 6 heteroatoms. The molecule has 1 aromatic rings.